The summed E-state index contributed by atoms with van der Waals surface area (Å²) in [6.45, 7) is 3.88. The molecule has 1 aliphatic rings. The van der Waals surface area contributed by atoms with Gasteiger partial charge < -0.3 is 14.8 Å². The molecule has 3 N–H and O–H groups in total. The van der Waals surface area contributed by atoms with Crippen LogP contribution in [0.25, 0.3) is 0 Å². The van der Waals surface area contributed by atoms with Crippen LogP contribution in [-0.2, 0) is 4.74 Å². The average molecular weight is 240 g/mol. The summed E-state index contributed by atoms with van der Waals surface area (Å²) < 4.78 is 5.65. The topological polar surface area (TPSA) is 95.2 Å². The van der Waals surface area contributed by atoms with E-state index in [1.807, 2.05) is 13.8 Å². The maximum absolute atomic E-state index is 11.7. The molecule has 0 saturated carbocycles. The van der Waals surface area contributed by atoms with Gasteiger partial charge in [-0.15, -0.1) is 0 Å². The summed E-state index contributed by atoms with van der Waals surface area (Å²) >= 11 is 0. The van der Waals surface area contributed by atoms with Gasteiger partial charge in [0, 0.05) is 6.20 Å². The van der Waals surface area contributed by atoms with Crippen molar-refractivity contribution in [3.8, 4) is 0 Å². The van der Waals surface area contributed by atoms with E-state index >= 15 is 0 Å². The number of aromatic amines is 2. The fourth-order valence-corrected chi connectivity index (χ4v) is 2.25. The standard InChI is InChI=1S/C11H16N2O4/c1-5-6(2)9(17-8(5)4-14)7-3-12-11(16)13-10(7)15/h3,5-6,8-9,14H,4H2,1-2H3,(H2,12,13,15,16). The highest BCUT2D eigenvalue weighted by atomic mass is 16.5. The lowest BCUT2D eigenvalue weighted by Crippen LogP contribution is -2.27. The molecule has 6 nitrogen and oxygen atoms in total. The van der Waals surface area contributed by atoms with E-state index in [2.05, 4.69) is 9.97 Å². The predicted molar refractivity (Wildman–Crippen MR) is 60.7 cm³/mol. The molecule has 94 valence electrons. The maximum atomic E-state index is 11.7. The normalized spacial score (nSPS) is 32.9. The Bertz CT molecular complexity index is 507. The van der Waals surface area contributed by atoms with Gasteiger partial charge in [0.1, 0.15) is 0 Å². The van der Waals surface area contributed by atoms with Crippen LogP contribution in [0.3, 0.4) is 0 Å². The van der Waals surface area contributed by atoms with Crippen molar-refractivity contribution < 1.29 is 9.84 Å². The van der Waals surface area contributed by atoms with Crippen LogP contribution in [0.2, 0.25) is 0 Å². The average Bonchev–Trinajstić information content (AvgIpc) is 2.57. The molecule has 17 heavy (non-hydrogen) atoms. The summed E-state index contributed by atoms with van der Waals surface area (Å²) in [6.07, 6.45) is 0.735. The smallest absolute Gasteiger partial charge is 0.325 e. The minimum atomic E-state index is -0.531. The number of aromatic nitrogens is 2. The fourth-order valence-electron chi connectivity index (χ4n) is 2.25. The van der Waals surface area contributed by atoms with Crippen LogP contribution in [0.15, 0.2) is 15.8 Å². The number of hydrogen-bond acceptors (Lipinski definition) is 4. The van der Waals surface area contributed by atoms with Crippen molar-refractivity contribution in [2.45, 2.75) is 26.1 Å². The van der Waals surface area contributed by atoms with E-state index in [4.69, 9.17) is 9.84 Å². The molecule has 0 aliphatic carbocycles. The van der Waals surface area contributed by atoms with Gasteiger partial charge >= 0.3 is 5.69 Å². The minimum Gasteiger partial charge on any atom is -0.394 e. The largest absolute Gasteiger partial charge is 0.394 e. The van der Waals surface area contributed by atoms with Gasteiger partial charge in [-0.3, -0.25) is 9.78 Å². The molecule has 6 heteroatoms. The maximum Gasteiger partial charge on any atom is 0.325 e. The molecule has 4 atom stereocenters. The molecule has 1 fully saturated rings. The van der Waals surface area contributed by atoms with Crippen LogP contribution >= 0.6 is 0 Å². The second kappa shape index (κ2) is 4.46. The van der Waals surface area contributed by atoms with Gasteiger partial charge in [0.15, 0.2) is 0 Å². The van der Waals surface area contributed by atoms with Crippen LogP contribution in [-0.4, -0.2) is 27.8 Å². The van der Waals surface area contributed by atoms with E-state index < -0.39 is 11.2 Å². The quantitative estimate of drug-likeness (QED) is 0.665. The molecular weight excluding hydrogens is 224 g/mol. The van der Waals surface area contributed by atoms with Gasteiger partial charge in [-0.1, -0.05) is 13.8 Å². The van der Waals surface area contributed by atoms with Crippen LogP contribution in [0.4, 0.5) is 0 Å². The van der Waals surface area contributed by atoms with Crippen molar-refractivity contribution in [3.63, 3.8) is 0 Å². The van der Waals surface area contributed by atoms with E-state index in [1.165, 1.54) is 6.20 Å². The molecule has 1 saturated heterocycles. The Morgan fingerprint density at radius 1 is 1.35 bits per heavy atom. The second-order valence-corrected chi connectivity index (χ2v) is 4.52. The first-order valence-electron chi connectivity index (χ1n) is 5.62. The minimum absolute atomic E-state index is 0.0662. The Balaban J connectivity index is 2.35. The van der Waals surface area contributed by atoms with Crippen molar-refractivity contribution in [1.82, 2.24) is 9.97 Å². The Labute approximate surface area is 97.7 Å². The van der Waals surface area contributed by atoms with Gasteiger partial charge in [-0.2, -0.15) is 0 Å². The monoisotopic (exact) mass is 240 g/mol. The van der Waals surface area contributed by atoms with E-state index in [9.17, 15) is 9.59 Å². The fraction of sp³-hybridized carbons (Fsp3) is 0.636. The van der Waals surface area contributed by atoms with Gasteiger partial charge in [0.25, 0.3) is 5.56 Å². The third kappa shape index (κ3) is 2.05. The molecular formula is C11H16N2O4. The molecule has 2 heterocycles. The Morgan fingerprint density at radius 3 is 2.59 bits per heavy atom. The van der Waals surface area contributed by atoms with Crippen LogP contribution in [0.5, 0.6) is 0 Å². The number of aliphatic hydroxyl groups is 1. The zero-order valence-electron chi connectivity index (χ0n) is 9.77. The number of H-pyrrole nitrogens is 2. The summed E-state index contributed by atoms with van der Waals surface area (Å²) in [5.74, 6) is 0.274. The number of hydrogen-bond donors (Lipinski definition) is 3. The molecule has 0 spiro atoms. The zero-order chi connectivity index (χ0) is 12.6. The van der Waals surface area contributed by atoms with E-state index in [0.717, 1.165) is 0 Å². The summed E-state index contributed by atoms with van der Waals surface area (Å²) in [5.41, 5.74) is -0.563. The molecule has 0 radical (unpaired) electrons. The molecule has 4 unspecified atom stereocenters. The lowest BCUT2D eigenvalue weighted by molar-refractivity contribution is -0.00286. The van der Waals surface area contributed by atoms with Gasteiger partial charge in [-0.05, 0) is 11.8 Å². The van der Waals surface area contributed by atoms with Crippen LogP contribution in [0.1, 0.15) is 25.5 Å². The molecule has 0 amide bonds. The van der Waals surface area contributed by atoms with Crippen molar-refractivity contribution >= 4 is 0 Å². The second-order valence-electron chi connectivity index (χ2n) is 4.52. The highest BCUT2D eigenvalue weighted by molar-refractivity contribution is 5.11. The highest BCUT2D eigenvalue weighted by Crippen LogP contribution is 2.40. The Morgan fingerprint density at radius 2 is 2.06 bits per heavy atom. The van der Waals surface area contributed by atoms with E-state index in [0.29, 0.717) is 5.56 Å². The van der Waals surface area contributed by atoms with Crippen molar-refractivity contribution in [2.24, 2.45) is 11.8 Å². The molecule has 0 aromatic carbocycles. The Kier molecular flexibility index (Phi) is 3.17. The first-order chi connectivity index (χ1) is 8.04. The third-order valence-electron chi connectivity index (χ3n) is 3.55. The first kappa shape index (κ1) is 12.1. The number of aliphatic hydroxyl groups excluding tert-OH is 1. The van der Waals surface area contributed by atoms with Crippen molar-refractivity contribution in [3.05, 3.63) is 32.6 Å². The molecule has 2 rings (SSSR count). The third-order valence-corrected chi connectivity index (χ3v) is 3.55. The SMILES string of the molecule is CC1C(CO)OC(c2c[nH]c(=O)[nH]c2=O)C1C. The summed E-state index contributed by atoms with van der Waals surface area (Å²) in [6, 6.07) is 0. The molecule has 1 aliphatic heterocycles. The predicted octanol–water partition coefficient (Wildman–Crippen LogP) is -0.232. The van der Waals surface area contributed by atoms with Crippen LogP contribution in [0, 0.1) is 11.8 Å². The van der Waals surface area contributed by atoms with Crippen molar-refractivity contribution in [1.29, 1.82) is 0 Å². The lowest BCUT2D eigenvalue weighted by Gasteiger charge is -2.14. The number of rotatable bonds is 2. The van der Waals surface area contributed by atoms with Crippen molar-refractivity contribution in [2.75, 3.05) is 6.61 Å². The van der Waals surface area contributed by atoms with Crippen LogP contribution < -0.4 is 11.2 Å². The van der Waals surface area contributed by atoms with Gasteiger partial charge in [0.05, 0.1) is 24.4 Å². The molecule has 1 aromatic heterocycles. The highest BCUT2D eigenvalue weighted by Gasteiger charge is 2.40. The molecule has 1 aromatic rings. The van der Waals surface area contributed by atoms with E-state index in [-0.39, 0.29) is 30.7 Å². The van der Waals surface area contributed by atoms with Gasteiger partial charge in [0.2, 0.25) is 0 Å². The Hall–Kier alpha value is -1.40. The zero-order valence-corrected chi connectivity index (χ0v) is 9.77. The number of ether oxygens (including phenoxy) is 1. The summed E-state index contributed by atoms with van der Waals surface area (Å²) in [4.78, 5) is 27.2. The molecule has 0 bridgehead atoms. The number of nitrogens with one attached hydrogen (secondary N) is 2. The first-order valence-corrected chi connectivity index (χ1v) is 5.62. The summed E-state index contributed by atoms with van der Waals surface area (Å²) in [7, 11) is 0. The van der Waals surface area contributed by atoms with Gasteiger partial charge in [-0.25, -0.2) is 4.79 Å². The van der Waals surface area contributed by atoms with E-state index in [1.54, 1.807) is 0 Å². The lowest BCUT2D eigenvalue weighted by atomic mass is 9.88. The summed E-state index contributed by atoms with van der Waals surface area (Å²) in [5, 5.41) is 9.16.